The van der Waals surface area contributed by atoms with E-state index >= 15 is 0 Å². The Labute approximate surface area is 88.9 Å². The second-order valence-electron chi connectivity index (χ2n) is 4.58. The minimum atomic E-state index is -1.01. The molecule has 0 radical (unpaired) electrons. The van der Waals surface area contributed by atoms with Crippen LogP contribution in [0.25, 0.3) is 0 Å². The van der Waals surface area contributed by atoms with E-state index in [4.69, 9.17) is 14.2 Å². The van der Waals surface area contributed by atoms with E-state index in [1.807, 2.05) is 0 Å². The van der Waals surface area contributed by atoms with Crippen LogP contribution < -0.4 is 0 Å². The van der Waals surface area contributed by atoms with Gasteiger partial charge in [0.2, 0.25) is 0 Å². The van der Waals surface area contributed by atoms with Crippen molar-refractivity contribution < 1.29 is 24.4 Å². The third kappa shape index (κ3) is 1.79. The van der Waals surface area contributed by atoms with Crippen LogP contribution in [0.4, 0.5) is 0 Å². The molecule has 3 atom stereocenters. The lowest BCUT2D eigenvalue weighted by molar-refractivity contribution is -0.198. The van der Waals surface area contributed by atoms with Crippen LogP contribution in [-0.2, 0) is 14.2 Å². The maximum absolute atomic E-state index is 9.85. The molecule has 2 unspecified atom stereocenters. The van der Waals surface area contributed by atoms with Crippen molar-refractivity contribution in [3.8, 4) is 0 Å². The van der Waals surface area contributed by atoms with Gasteiger partial charge in [-0.1, -0.05) is 0 Å². The lowest BCUT2D eigenvalue weighted by atomic mass is 9.91. The van der Waals surface area contributed by atoms with Gasteiger partial charge in [0.1, 0.15) is 11.7 Å². The first-order chi connectivity index (χ1) is 7.00. The van der Waals surface area contributed by atoms with Gasteiger partial charge >= 0.3 is 0 Å². The molecule has 15 heavy (non-hydrogen) atoms. The Hall–Kier alpha value is -0.200. The topological polar surface area (TPSA) is 68.2 Å². The second kappa shape index (κ2) is 3.68. The molecular weight excluding hydrogens is 200 g/mol. The largest absolute Gasteiger partial charge is 0.393 e. The molecule has 5 heteroatoms. The number of hydrogen-bond acceptors (Lipinski definition) is 5. The summed E-state index contributed by atoms with van der Waals surface area (Å²) in [6, 6.07) is 0. The highest BCUT2D eigenvalue weighted by Gasteiger charge is 2.54. The molecule has 2 aliphatic heterocycles. The normalized spacial score (nSPS) is 44.8. The van der Waals surface area contributed by atoms with Crippen LogP contribution >= 0.6 is 0 Å². The highest BCUT2D eigenvalue weighted by Crippen LogP contribution is 2.37. The van der Waals surface area contributed by atoms with Gasteiger partial charge in [0.25, 0.3) is 0 Å². The summed E-state index contributed by atoms with van der Waals surface area (Å²) in [6.07, 6.45) is -0.569. The van der Waals surface area contributed by atoms with Crippen LogP contribution in [0, 0.1) is 0 Å². The fourth-order valence-electron chi connectivity index (χ4n) is 2.19. The van der Waals surface area contributed by atoms with Gasteiger partial charge in [-0.05, 0) is 20.3 Å². The molecule has 0 saturated carbocycles. The van der Waals surface area contributed by atoms with Crippen molar-refractivity contribution in [2.75, 3.05) is 19.8 Å². The first-order valence-corrected chi connectivity index (χ1v) is 5.25. The smallest absolute Gasteiger partial charge is 0.163 e. The Kier molecular flexibility index (Phi) is 2.77. The van der Waals surface area contributed by atoms with Gasteiger partial charge in [-0.3, -0.25) is 0 Å². The van der Waals surface area contributed by atoms with Crippen LogP contribution in [-0.4, -0.2) is 53.6 Å². The van der Waals surface area contributed by atoms with E-state index in [0.29, 0.717) is 19.6 Å². The average molecular weight is 218 g/mol. The predicted molar refractivity (Wildman–Crippen MR) is 51.3 cm³/mol. The van der Waals surface area contributed by atoms with E-state index < -0.39 is 23.6 Å². The molecule has 0 aromatic rings. The molecule has 2 aliphatic rings. The van der Waals surface area contributed by atoms with Crippen LogP contribution in [0.5, 0.6) is 0 Å². The van der Waals surface area contributed by atoms with Crippen molar-refractivity contribution >= 4 is 0 Å². The molecule has 0 aromatic heterocycles. The van der Waals surface area contributed by atoms with Gasteiger partial charge in [0.15, 0.2) is 5.79 Å². The maximum Gasteiger partial charge on any atom is 0.163 e. The van der Waals surface area contributed by atoms with E-state index in [-0.39, 0.29) is 6.61 Å². The Balaban J connectivity index is 2.14. The van der Waals surface area contributed by atoms with Crippen molar-refractivity contribution in [2.24, 2.45) is 0 Å². The molecule has 2 N–H and O–H groups in total. The summed E-state index contributed by atoms with van der Waals surface area (Å²) in [5, 5.41) is 19.2. The summed E-state index contributed by atoms with van der Waals surface area (Å²) < 4.78 is 16.5. The van der Waals surface area contributed by atoms with E-state index in [0.717, 1.165) is 0 Å². The van der Waals surface area contributed by atoms with Crippen LogP contribution in [0.3, 0.4) is 0 Å². The van der Waals surface area contributed by atoms with Gasteiger partial charge in [-0.2, -0.15) is 0 Å². The third-order valence-electron chi connectivity index (χ3n) is 3.13. The standard InChI is InChI=1S/C10H18O5/c1-9(2)14-5-8(15-9)10(6-11)7(12)3-4-13-10/h7-8,11-12H,3-6H2,1-2H3/t7-,8?,10?/m1/s1. The van der Waals surface area contributed by atoms with Crippen LogP contribution in [0.2, 0.25) is 0 Å². The number of ether oxygens (including phenoxy) is 3. The zero-order chi connectivity index (χ0) is 11.1. The van der Waals surface area contributed by atoms with Gasteiger partial charge in [0.05, 0.1) is 25.9 Å². The quantitative estimate of drug-likeness (QED) is 0.663. The van der Waals surface area contributed by atoms with Gasteiger partial charge < -0.3 is 24.4 Å². The van der Waals surface area contributed by atoms with E-state index in [1.54, 1.807) is 13.8 Å². The fourth-order valence-corrected chi connectivity index (χ4v) is 2.19. The molecule has 0 amide bonds. The van der Waals surface area contributed by atoms with E-state index in [9.17, 15) is 10.2 Å². The number of rotatable bonds is 2. The number of hydrogen-bond donors (Lipinski definition) is 2. The zero-order valence-electron chi connectivity index (χ0n) is 9.10. The van der Waals surface area contributed by atoms with E-state index in [1.165, 1.54) is 0 Å². The average Bonchev–Trinajstić information content (AvgIpc) is 2.70. The summed E-state index contributed by atoms with van der Waals surface area (Å²) in [4.78, 5) is 0. The van der Waals surface area contributed by atoms with Gasteiger partial charge in [-0.25, -0.2) is 0 Å². The highest BCUT2D eigenvalue weighted by molar-refractivity contribution is 5.01. The monoisotopic (exact) mass is 218 g/mol. The molecule has 2 heterocycles. The Morgan fingerprint density at radius 2 is 2.07 bits per heavy atom. The SMILES string of the molecule is CC1(C)OCC(C2(CO)OCC[C@H]2O)O1. The molecular formula is C10H18O5. The first kappa shape index (κ1) is 11.3. The third-order valence-corrected chi connectivity index (χ3v) is 3.13. The van der Waals surface area contributed by atoms with Crippen molar-refractivity contribution in [3.05, 3.63) is 0 Å². The minimum Gasteiger partial charge on any atom is -0.393 e. The van der Waals surface area contributed by atoms with Gasteiger partial charge in [-0.15, -0.1) is 0 Å². The molecule has 88 valence electrons. The summed E-state index contributed by atoms with van der Waals surface area (Å²) in [6.45, 7) is 4.14. The maximum atomic E-state index is 9.85. The Morgan fingerprint density at radius 3 is 2.47 bits per heavy atom. The van der Waals surface area contributed by atoms with Gasteiger partial charge in [0, 0.05) is 0 Å². The molecule has 2 rings (SSSR count). The zero-order valence-corrected chi connectivity index (χ0v) is 9.10. The second-order valence-corrected chi connectivity index (χ2v) is 4.58. The molecule has 5 nitrogen and oxygen atoms in total. The van der Waals surface area contributed by atoms with E-state index in [2.05, 4.69) is 0 Å². The van der Waals surface area contributed by atoms with Crippen molar-refractivity contribution in [3.63, 3.8) is 0 Å². The fraction of sp³-hybridized carbons (Fsp3) is 1.00. The van der Waals surface area contributed by atoms with Crippen LogP contribution in [0.1, 0.15) is 20.3 Å². The Bertz CT molecular complexity index is 242. The van der Waals surface area contributed by atoms with Crippen molar-refractivity contribution in [1.29, 1.82) is 0 Å². The lowest BCUT2D eigenvalue weighted by Gasteiger charge is -2.34. The molecule has 0 aromatic carbocycles. The molecule has 0 bridgehead atoms. The van der Waals surface area contributed by atoms with Crippen molar-refractivity contribution in [1.82, 2.24) is 0 Å². The Morgan fingerprint density at radius 1 is 1.33 bits per heavy atom. The van der Waals surface area contributed by atoms with Crippen LogP contribution in [0.15, 0.2) is 0 Å². The summed E-state index contributed by atoms with van der Waals surface area (Å²) >= 11 is 0. The number of aliphatic hydroxyl groups excluding tert-OH is 2. The molecule has 0 aliphatic carbocycles. The minimum absolute atomic E-state index is 0.252. The summed E-state index contributed by atoms with van der Waals surface area (Å²) in [5.74, 6) is -0.668. The van der Waals surface area contributed by atoms with Crippen molar-refractivity contribution in [2.45, 2.75) is 43.9 Å². The molecule has 2 fully saturated rings. The first-order valence-electron chi connectivity index (χ1n) is 5.25. The highest BCUT2D eigenvalue weighted by atomic mass is 16.8. The summed E-state index contributed by atoms with van der Waals surface area (Å²) in [5.41, 5.74) is -1.01. The number of aliphatic hydroxyl groups is 2. The molecule has 0 spiro atoms. The summed E-state index contributed by atoms with van der Waals surface area (Å²) in [7, 11) is 0. The predicted octanol–water partition coefficient (Wildman–Crippen LogP) is -0.350. The molecule has 2 saturated heterocycles. The lowest BCUT2D eigenvalue weighted by Crippen LogP contribution is -2.54.